The summed E-state index contributed by atoms with van der Waals surface area (Å²) in [6, 6.07) is -0.403. The lowest BCUT2D eigenvalue weighted by Gasteiger charge is -2.27. The van der Waals surface area contributed by atoms with Crippen molar-refractivity contribution in [1.82, 2.24) is 16.0 Å². The van der Waals surface area contributed by atoms with Crippen molar-refractivity contribution in [2.45, 2.75) is 70.6 Å². The summed E-state index contributed by atoms with van der Waals surface area (Å²) in [7, 11) is 0. The molecule has 244 valence electrons. The monoisotopic (exact) mass is 633 g/mol. The Labute approximate surface area is 255 Å². The molecule has 2 rings (SSSR count). The van der Waals surface area contributed by atoms with E-state index in [2.05, 4.69) is 21.3 Å². The van der Waals surface area contributed by atoms with Crippen LogP contribution in [0.25, 0.3) is 11.0 Å². The highest BCUT2D eigenvalue weighted by molar-refractivity contribution is 6.01. The summed E-state index contributed by atoms with van der Waals surface area (Å²) >= 11 is 0. The predicted octanol–water partition coefficient (Wildman–Crippen LogP) is -0.708. The Morgan fingerprint density at radius 1 is 0.800 bits per heavy atom. The lowest BCUT2D eigenvalue weighted by molar-refractivity contribution is -0.141. The molecule has 9 N–H and O–H groups in total. The molecule has 1 heterocycles. The van der Waals surface area contributed by atoms with Crippen LogP contribution in [0.15, 0.2) is 33.5 Å². The van der Waals surface area contributed by atoms with Crippen molar-refractivity contribution < 1.29 is 53.3 Å². The number of carboxylic acids is 3. The number of benzene rings is 1. The van der Waals surface area contributed by atoms with Crippen molar-refractivity contribution in [1.29, 1.82) is 0 Å². The number of nitrogens with two attached hydrogens (primary N) is 1. The van der Waals surface area contributed by atoms with Gasteiger partial charge in [-0.2, -0.15) is 0 Å². The molecular formula is C28H35N5O12. The molecule has 0 saturated heterocycles. The minimum Gasteiger partial charge on any atom is -0.481 e. The molecular weight excluding hydrogens is 598 g/mol. The van der Waals surface area contributed by atoms with Gasteiger partial charge in [-0.05, 0) is 37.0 Å². The maximum Gasteiger partial charge on any atom is 0.336 e. The molecule has 0 aliphatic carbocycles. The summed E-state index contributed by atoms with van der Waals surface area (Å²) < 4.78 is 5.15. The molecule has 0 aliphatic heterocycles. The van der Waals surface area contributed by atoms with Crippen LogP contribution in [-0.2, 0) is 33.6 Å². The van der Waals surface area contributed by atoms with Gasteiger partial charge in [-0.25, -0.2) is 4.79 Å². The molecule has 0 spiro atoms. The first kappa shape index (κ1) is 35.9. The number of carboxylic acid groups (broad SMARTS) is 3. The smallest absolute Gasteiger partial charge is 0.336 e. The van der Waals surface area contributed by atoms with Crippen LogP contribution in [0, 0.1) is 12.8 Å². The van der Waals surface area contributed by atoms with E-state index in [4.69, 9.17) is 20.4 Å². The molecule has 1 aromatic carbocycles. The van der Waals surface area contributed by atoms with Gasteiger partial charge in [0.2, 0.25) is 23.6 Å². The lowest BCUT2D eigenvalue weighted by atomic mass is 10.0. The maximum absolute atomic E-state index is 13.2. The standard InChI is InChI=1S/C28H35N5O12/c1-12(2)24(33-26(42)17(6-7-20(34)35)31-25(41)16(29)10-21(36)37)28(44)32-18(11-22(38)39)27(43)30-14-4-5-15-13(3)8-23(40)45-19(15)9-14/h4-5,8-9,12,16-18,24H,6-7,10-11,29H2,1-3H3,(H,30,43)(H,31,41)(H,32,44)(H,33,42)(H,34,35)(H,36,37)(H,38,39). The number of fused-ring (bicyclic) bond motifs is 1. The molecule has 0 radical (unpaired) electrons. The summed E-state index contributed by atoms with van der Waals surface area (Å²) in [5.41, 5.74) is 5.84. The van der Waals surface area contributed by atoms with Crippen molar-refractivity contribution in [3.63, 3.8) is 0 Å². The van der Waals surface area contributed by atoms with E-state index in [0.717, 1.165) is 0 Å². The lowest BCUT2D eigenvalue weighted by Crippen LogP contribution is -2.59. The van der Waals surface area contributed by atoms with Gasteiger partial charge in [0.25, 0.3) is 0 Å². The van der Waals surface area contributed by atoms with Gasteiger partial charge in [0.15, 0.2) is 0 Å². The van der Waals surface area contributed by atoms with Gasteiger partial charge >= 0.3 is 23.5 Å². The van der Waals surface area contributed by atoms with E-state index in [1.165, 1.54) is 32.0 Å². The number of aliphatic carboxylic acids is 3. The van der Waals surface area contributed by atoms with E-state index in [0.29, 0.717) is 10.9 Å². The van der Waals surface area contributed by atoms with E-state index in [1.54, 1.807) is 13.0 Å². The summed E-state index contributed by atoms with van der Waals surface area (Å²) in [5.74, 6) is -8.74. The fraction of sp³-hybridized carbons (Fsp3) is 0.429. The van der Waals surface area contributed by atoms with Gasteiger partial charge in [0, 0.05) is 29.6 Å². The number of hydrogen-bond donors (Lipinski definition) is 8. The minimum atomic E-state index is -1.63. The number of amides is 4. The summed E-state index contributed by atoms with van der Waals surface area (Å²) in [6.45, 7) is 4.74. The van der Waals surface area contributed by atoms with Gasteiger partial charge in [0.05, 0.1) is 18.9 Å². The predicted molar refractivity (Wildman–Crippen MR) is 156 cm³/mol. The van der Waals surface area contributed by atoms with Crippen LogP contribution in [0.5, 0.6) is 0 Å². The third kappa shape index (κ3) is 11.0. The molecule has 45 heavy (non-hydrogen) atoms. The fourth-order valence-electron chi connectivity index (χ4n) is 4.16. The summed E-state index contributed by atoms with van der Waals surface area (Å²) in [4.78, 5) is 97.0. The van der Waals surface area contributed by atoms with Crippen molar-refractivity contribution in [3.8, 4) is 0 Å². The zero-order valence-electron chi connectivity index (χ0n) is 24.6. The highest BCUT2D eigenvalue weighted by Crippen LogP contribution is 2.21. The topological polar surface area (TPSA) is 285 Å². The van der Waals surface area contributed by atoms with Crippen LogP contribution in [0.3, 0.4) is 0 Å². The average molecular weight is 634 g/mol. The van der Waals surface area contributed by atoms with Crippen molar-refractivity contribution >= 4 is 58.2 Å². The zero-order valence-corrected chi connectivity index (χ0v) is 24.6. The number of hydrogen-bond acceptors (Lipinski definition) is 10. The van der Waals surface area contributed by atoms with E-state index in [-0.39, 0.29) is 11.3 Å². The number of anilines is 1. The van der Waals surface area contributed by atoms with Crippen molar-refractivity contribution in [3.05, 3.63) is 40.2 Å². The van der Waals surface area contributed by atoms with Gasteiger partial charge in [-0.15, -0.1) is 0 Å². The highest BCUT2D eigenvalue weighted by Gasteiger charge is 2.33. The van der Waals surface area contributed by atoms with Crippen LogP contribution in [0.2, 0.25) is 0 Å². The van der Waals surface area contributed by atoms with Gasteiger partial charge < -0.3 is 46.7 Å². The Kier molecular flexibility index (Phi) is 12.7. The Balaban J connectivity index is 2.23. The van der Waals surface area contributed by atoms with E-state index >= 15 is 0 Å². The van der Waals surface area contributed by atoms with Gasteiger partial charge in [0.1, 0.15) is 23.7 Å². The normalized spacial score (nSPS) is 13.6. The second kappa shape index (κ2) is 15.9. The molecule has 4 atom stereocenters. The molecule has 0 saturated carbocycles. The molecule has 17 nitrogen and oxygen atoms in total. The van der Waals surface area contributed by atoms with Gasteiger partial charge in [-0.3, -0.25) is 33.6 Å². The molecule has 0 fully saturated rings. The van der Waals surface area contributed by atoms with Crippen LogP contribution >= 0.6 is 0 Å². The largest absolute Gasteiger partial charge is 0.481 e. The first-order valence-electron chi connectivity index (χ1n) is 13.7. The molecule has 2 aromatic rings. The van der Waals surface area contributed by atoms with Crippen LogP contribution in [0.1, 0.15) is 45.1 Å². The number of nitrogens with one attached hydrogen (secondary N) is 4. The summed E-state index contributed by atoms with van der Waals surface area (Å²) in [6.07, 6.45) is -2.63. The third-order valence-electron chi connectivity index (χ3n) is 6.49. The second-order valence-electron chi connectivity index (χ2n) is 10.5. The quantitative estimate of drug-likeness (QED) is 0.106. The average Bonchev–Trinajstić information content (AvgIpc) is 2.91. The SMILES string of the molecule is Cc1cc(=O)oc2cc(NC(=O)C(CC(=O)O)NC(=O)C(NC(=O)C(CCC(=O)O)NC(=O)C(N)CC(=O)O)C(C)C)ccc12. The summed E-state index contributed by atoms with van der Waals surface area (Å²) in [5, 5.41) is 37.2. The Morgan fingerprint density at radius 2 is 1.42 bits per heavy atom. The van der Waals surface area contributed by atoms with Crippen LogP contribution in [0.4, 0.5) is 5.69 Å². The molecule has 0 bridgehead atoms. The minimum absolute atomic E-state index is 0.137. The molecule has 17 heteroatoms. The molecule has 4 unspecified atom stereocenters. The Bertz CT molecular complexity index is 1540. The first-order chi connectivity index (χ1) is 21.0. The third-order valence-corrected chi connectivity index (χ3v) is 6.49. The maximum atomic E-state index is 13.2. The van der Waals surface area contributed by atoms with E-state index < -0.39 is 103 Å². The van der Waals surface area contributed by atoms with Crippen LogP contribution < -0.4 is 32.6 Å². The first-order valence-corrected chi connectivity index (χ1v) is 13.7. The molecule has 1 aromatic heterocycles. The second-order valence-corrected chi connectivity index (χ2v) is 10.5. The van der Waals surface area contributed by atoms with Crippen LogP contribution in [-0.4, -0.2) is 81.0 Å². The Morgan fingerprint density at radius 3 is 2.00 bits per heavy atom. The van der Waals surface area contributed by atoms with E-state index in [9.17, 15) is 43.5 Å². The molecule has 4 amide bonds. The number of carbonyl (C=O) groups is 7. The van der Waals surface area contributed by atoms with Gasteiger partial charge in [-0.1, -0.05) is 13.8 Å². The Hall–Kier alpha value is -5.32. The van der Waals surface area contributed by atoms with Crippen molar-refractivity contribution in [2.24, 2.45) is 11.7 Å². The number of carbonyl (C=O) groups excluding carboxylic acids is 4. The van der Waals surface area contributed by atoms with E-state index in [1.807, 2.05) is 0 Å². The highest BCUT2D eigenvalue weighted by atomic mass is 16.4. The fourth-order valence-corrected chi connectivity index (χ4v) is 4.16. The zero-order chi connectivity index (χ0) is 34.0. The number of aryl methyl sites for hydroxylation is 1. The van der Waals surface area contributed by atoms with Crippen molar-refractivity contribution in [2.75, 3.05) is 5.32 Å². The number of rotatable bonds is 16. The molecule has 0 aliphatic rings.